The average molecular weight is 356 g/mol. The van der Waals surface area contributed by atoms with E-state index in [-0.39, 0.29) is 0 Å². The topological polar surface area (TPSA) is 93.7 Å². The molecule has 3 aromatic rings. The van der Waals surface area contributed by atoms with Crippen molar-refractivity contribution in [1.82, 2.24) is 14.9 Å². The van der Waals surface area contributed by atoms with E-state index in [4.69, 9.17) is 24.8 Å². The first-order valence-electron chi connectivity index (χ1n) is 7.78. The van der Waals surface area contributed by atoms with Gasteiger partial charge in [0.05, 0.1) is 28.4 Å². The van der Waals surface area contributed by atoms with Crippen LogP contribution < -0.4 is 24.8 Å². The second-order valence-corrected chi connectivity index (χ2v) is 5.36. The van der Waals surface area contributed by atoms with Crippen LogP contribution in [0.2, 0.25) is 0 Å². The quantitative estimate of drug-likeness (QED) is 0.678. The molecule has 0 amide bonds. The van der Waals surface area contributed by atoms with Crippen molar-refractivity contribution in [2.24, 2.45) is 0 Å². The maximum Gasteiger partial charge on any atom is 0.182 e. The summed E-state index contributed by atoms with van der Waals surface area (Å²) in [6.45, 7) is 0. The molecule has 1 aromatic heterocycles. The summed E-state index contributed by atoms with van der Waals surface area (Å²) < 4.78 is 22.6. The second-order valence-electron chi connectivity index (χ2n) is 5.36. The summed E-state index contributed by atoms with van der Waals surface area (Å²) in [5.41, 5.74) is 1.51. The number of benzene rings is 2. The molecule has 0 saturated heterocycles. The largest absolute Gasteiger partial charge is 0.493 e. The van der Waals surface area contributed by atoms with Gasteiger partial charge in [0.1, 0.15) is 0 Å². The van der Waals surface area contributed by atoms with Gasteiger partial charge in [-0.1, -0.05) is 0 Å². The van der Waals surface area contributed by atoms with E-state index in [1.165, 1.54) is 4.68 Å². The van der Waals surface area contributed by atoms with Gasteiger partial charge in [0, 0.05) is 11.1 Å². The summed E-state index contributed by atoms with van der Waals surface area (Å²) >= 11 is 0. The lowest BCUT2D eigenvalue weighted by Gasteiger charge is -2.10. The minimum absolute atomic E-state index is 0.496. The highest BCUT2D eigenvalue weighted by Crippen LogP contribution is 2.34. The fourth-order valence-corrected chi connectivity index (χ4v) is 2.64. The molecule has 0 radical (unpaired) electrons. The molecule has 0 saturated carbocycles. The molecule has 0 bridgehead atoms. The van der Waals surface area contributed by atoms with Crippen LogP contribution in [0.1, 0.15) is 0 Å². The fraction of sp³-hybridized carbons (Fsp3) is 0.222. The van der Waals surface area contributed by atoms with Gasteiger partial charge in [0.15, 0.2) is 34.6 Å². The maximum absolute atomic E-state index is 6.24. The smallest absolute Gasteiger partial charge is 0.182 e. The number of methoxy groups -OCH3 is 4. The van der Waals surface area contributed by atoms with Gasteiger partial charge in [-0.15, -0.1) is 10.2 Å². The van der Waals surface area contributed by atoms with Crippen LogP contribution in [-0.2, 0) is 0 Å². The van der Waals surface area contributed by atoms with Gasteiger partial charge in [-0.3, -0.25) is 0 Å². The molecule has 8 nitrogen and oxygen atoms in total. The van der Waals surface area contributed by atoms with Crippen LogP contribution in [0, 0.1) is 0 Å². The Bertz CT molecular complexity index is 851. The lowest BCUT2D eigenvalue weighted by Crippen LogP contribution is -2.12. The summed E-state index contributed by atoms with van der Waals surface area (Å²) in [4.78, 5) is 0. The van der Waals surface area contributed by atoms with Crippen molar-refractivity contribution in [3.8, 4) is 45.8 Å². The van der Waals surface area contributed by atoms with E-state index in [2.05, 4.69) is 10.2 Å². The molecule has 0 atom stereocenters. The van der Waals surface area contributed by atoms with Gasteiger partial charge < -0.3 is 24.8 Å². The van der Waals surface area contributed by atoms with Crippen molar-refractivity contribution in [1.29, 1.82) is 0 Å². The van der Waals surface area contributed by atoms with E-state index < -0.39 is 0 Å². The number of aromatic nitrogens is 3. The molecular formula is C18H20N4O4. The third-order valence-electron chi connectivity index (χ3n) is 3.98. The zero-order valence-electron chi connectivity index (χ0n) is 15.0. The summed E-state index contributed by atoms with van der Waals surface area (Å²) in [5.74, 6) is 9.65. The lowest BCUT2D eigenvalue weighted by atomic mass is 10.1. The molecule has 0 aliphatic heterocycles. The third kappa shape index (κ3) is 2.97. The predicted molar refractivity (Wildman–Crippen MR) is 97.3 cm³/mol. The molecule has 0 aliphatic carbocycles. The molecule has 136 valence electrons. The number of rotatable bonds is 6. The Hall–Kier alpha value is -3.42. The standard InChI is InChI=1S/C18H20N4O4/c1-23-13-7-5-11(9-15(13)25-3)17-20-21-18(22(17)19)12-6-8-14(24-2)16(10-12)26-4/h5-10H,19H2,1-4H3. The summed E-state index contributed by atoms with van der Waals surface area (Å²) in [6, 6.07) is 10.9. The monoisotopic (exact) mass is 356 g/mol. The average Bonchev–Trinajstić information content (AvgIpc) is 3.08. The summed E-state index contributed by atoms with van der Waals surface area (Å²) in [6.07, 6.45) is 0. The maximum atomic E-state index is 6.24. The van der Waals surface area contributed by atoms with Crippen molar-refractivity contribution >= 4 is 0 Å². The van der Waals surface area contributed by atoms with E-state index in [9.17, 15) is 0 Å². The molecule has 0 fully saturated rings. The van der Waals surface area contributed by atoms with Crippen LogP contribution in [0.15, 0.2) is 36.4 Å². The molecular weight excluding hydrogens is 336 g/mol. The van der Waals surface area contributed by atoms with Crippen LogP contribution in [-0.4, -0.2) is 43.3 Å². The van der Waals surface area contributed by atoms with E-state index >= 15 is 0 Å². The number of nitrogens with zero attached hydrogens (tertiary/aromatic N) is 3. The van der Waals surface area contributed by atoms with E-state index in [1.54, 1.807) is 52.7 Å². The highest BCUT2D eigenvalue weighted by molar-refractivity contribution is 5.67. The fourth-order valence-electron chi connectivity index (χ4n) is 2.64. The van der Waals surface area contributed by atoms with Crippen molar-refractivity contribution < 1.29 is 18.9 Å². The Morgan fingerprint density at radius 1 is 0.654 bits per heavy atom. The Kier molecular flexibility index (Phi) is 4.83. The second kappa shape index (κ2) is 7.22. The van der Waals surface area contributed by atoms with Gasteiger partial charge in [0.25, 0.3) is 0 Å². The van der Waals surface area contributed by atoms with Gasteiger partial charge in [0.2, 0.25) is 0 Å². The molecule has 2 N–H and O–H groups in total. The minimum atomic E-state index is 0.496. The van der Waals surface area contributed by atoms with Crippen LogP contribution in [0.3, 0.4) is 0 Å². The predicted octanol–water partition coefficient (Wildman–Crippen LogP) is 2.36. The van der Waals surface area contributed by atoms with Crippen LogP contribution in [0.5, 0.6) is 23.0 Å². The molecule has 3 rings (SSSR count). The number of ether oxygens (including phenoxy) is 4. The Labute approximate surface area is 151 Å². The molecule has 0 unspecified atom stereocenters. The lowest BCUT2D eigenvalue weighted by molar-refractivity contribution is 0.355. The Morgan fingerprint density at radius 3 is 1.38 bits per heavy atom. The highest BCUT2D eigenvalue weighted by atomic mass is 16.5. The van der Waals surface area contributed by atoms with Crippen molar-refractivity contribution in [3.05, 3.63) is 36.4 Å². The van der Waals surface area contributed by atoms with Crippen molar-refractivity contribution in [3.63, 3.8) is 0 Å². The number of nitrogen functional groups attached to an aromatic ring is 1. The number of nitrogens with two attached hydrogens (primary N) is 1. The first-order valence-corrected chi connectivity index (χ1v) is 7.78. The van der Waals surface area contributed by atoms with Gasteiger partial charge in [-0.05, 0) is 36.4 Å². The highest BCUT2D eigenvalue weighted by Gasteiger charge is 2.17. The first-order chi connectivity index (χ1) is 12.6. The summed E-state index contributed by atoms with van der Waals surface area (Å²) in [7, 11) is 6.31. The number of hydrogen-bond donors (Lipinski definition) is 1. The van der Waals surface area contributed by atoms with E-state index in [1.807, 2.05) is 12.1 Å². The van der Waals surface area contributed by atoms with Crippen LogP contribution >= 0.6 is 0 Å². The van der Waals surface area contributed by atoms with Gasteiger partial charge in [-0.25, -0.2) is 4.68 Å². The molecule has 1 heterocycles. The van der Waals surface area contributed by atoms with E-state index in [0.29, 0.717) is 34.6 Å². The van der Waals surface area contributed by atoms with Crippen LogP contribution in [0.4, 0.5) is 0 Å². The third-order valence-corrected chi connectivity index (χ3v) is 3.98. The molecule has 2 aromatic carbocycles. The molecule has 0 spiro atoms. The molecule has 26 heavy (non-hydrogen) atoms. The summed E-state index contributed by atoms with van der Waals surface area (Å²) in [5, 5.41) is 8.42. The van der Waals surface area contributed by atoms with Crippen LogP contribution in [0.25, 0.3) is 22.8 Å². The van der Waals surface area contributed by atoms with E-state index in [0.717, 1.165) is 11.1 Å². The SMILES string of the molecule is COc1ccc(-c2nnc(-c3ccc(OC)c(OC)c3)n2N)cc1OC. The first kappa shape index (κ1) is 17.4. The van der Waals surface area contributed by atoms with Gasteiger partial charge in [-0.2, -0.15) is 0 Å². The molecule has 8 heteroatoms. The van der Waals surface area contributed by atoms with Crippen molar-refractivity contribution in [2.45, 2.75) is 0 Å². The zero-order chi connectivity index (χ0) is 18.7. The Balaban J connectivity index is 2.03. The van der Waals surface area contributed by atoms with Crippen molar-refractivity contribution in [2.75, 3.05) is 34.3 Å². The zero-order valence-corrected chi connectivity index (χ0v) is 15.0. The number of hydrogen-bond acceptors (Lipinski definition) is 7. The molecule has 0 aliphatic rings. The minimum Gasteiger partial charge on any atom is -0.493 e. The van der Waals surface area contributed by atoms with Gasteiger partial charge >= 0.3 is 0 Å². The normalized spacial score (nSPS) is 10.5. The Morgan fingerprint density at radius 2 is 1.04 bits per heavy atom.